The molecular formula is C15H24FNO4. The highest BCUT2D eigenvalue weighted by Crippen LogP contribution is 2.18. The summed E-state index contributed by atoms with van der Waals surface area (Å²) >= 11 is 0. The Morgan fingerprint density at radius 3 is 2.81 bits per heavy atom. The smallest absolute Gasteiger partial charge is 0.165 e. The van der Waals surface area contributed by atoms with E-state index >= 15 is 0 Å². The van der Waals surface area contributed by atoms with Crippen molar-refractivity contribution in [3.8, 4) is 5.75 Å². The molecule has 0 radical (unpaired) electrons. The highest BCUT2D eigenvalue weighted by molar-refractivity contribution is 5.29. The van der Waals surface area contributed by atoms with Crippen LogP contribution in [0.4, 0.5) is 4.39 Å². The molecule has 0 heterocycles. The van der Waals surface area contributed by atoms with Crippen molar-refractivity contribution in [2.45, 2.75) is 19.6 Å². The lowest BCUT2D eigenvalue weighted by Crippen LogP contribution is -2.23. The first-order valence-corrected chi connectivity index (χ1v) is 7.04. The van der Waals surface area contributed by atoms with Gasteiger partial charge in [-0.15, -0.1) is 0 Å². The van der Waals surface area contributed by atoms with Gasteiger partial charge in [-0.3, -0.25) is 0 Å². The van der Waals surface area contributed by atoms with Crippen LogP contribution < -0.4 is 10.1 Å². The van der Waals surface area contributed by atoms with Gasteiger partial charge in [0.2, 0.25) is 0 Å². The Kier molecular flexibility index (Phi) is 8.93. The standard InChI is InChI=1S/C15H24FNO4/c1-3-20-10-13(18)11-21-15-5-4-12(8-14(15)16)9-17-6-7-19-2/h4-5,8,13,17-18H,3,6-7,9-11H2,1-2H3. The minimum atomic E-state index is -0.764. The molecule has 0 fully saturated rings. The van der Waals surface area contributed by atoms with Crippen molar-refractivity contribution in [3.63, 3.8) is 0 Å². The maximum atomic E-state index is 13.8. The summed E-state index contributed by atoms with van der Waals surface area (Å²) in [5.41, 5.74) is 0.825. The van der Waals surface area contributed by atoms with E-state index in [1.54, 1.807) is 19.2 Å². The van der Waals surface area contributed by atoms with Crippen molar-refractivity contribution >= 4 is 0 Å². The fourth-order valence-corrected chi connectivity index (χ4v) is 1.67. The highest BCUT2D eigenvalue weighted by Gasteiger charge is 2.09. The molecule has 0 aliphatic carbocycles. The zero-order chi connectivity index (χ0) is 15.5. The maximum Gasteiger partial charge on any atom is 0.165 e. The van der Waals surface area contributed by atoms with Crippen LogP contribution in [0.2, 0.25) is 0 Å². The second kappa shape index (κ2) is 10.5. The molecule has 0 amide bonds. The average Bonchev–Trinajstić information content (AvgIpc) is 2.48. The minimum Gasteiger partial charge on any atom is -0.488 e. The number of aliphatic hydroxyl groups is 1. The third-order valence-electron chi connectivity index (χ3n) is 2.75. The summed E-state index contributed by atoms with van der Waals surface area (Å²) < 4.78 is 29.1. The summed E-state index contributed by atoms with van der Waals surface area (Å²) in [6.07, 6.45) is -0.764. The number of benzene rings is 1. The molecule has 0 saturated heterocycles. The molecule has 2 N–H and O–H groups in total. The fourth-order valence-electron chi connectivity index (χ4n) is 1.67. The van der Waals surface area contributed by atoms with Gasteiger partial charge in [0.15, 0.2) is 11.6 Å². The van der Waals surface area contributed by atoms with Gasteiger partial charge < -0.3 is 24.6 Å². The van der Waals surface area contributed by atoms with Crippen molar-refractivity contribution in [1.29, 1.82) is 0 Å². The zero-order valence-corrected chi connectivity index (χ0v) is 12.6. The molecule has 21 heavy (non-hydrogen) atoms. The Bertz CT molecular complexity index is 403. The molecule has 5 nitrogen and oxygen atoms in total. The van der Waals surface area contributed by atoms with E-state index < -0.39 is 11.9 Å². The molecule has 0 aliphatic rings. The lowest BCUT2D eigenvalue weighted by atomic mass is 10.2. The maximum absolute atomic E-state index is 13.8. The van der Waals surface area contributed by atoms with Crippen LogP contribution >= 0.6 is 0 Å². The molecule has 120 valence electrons. The van der Waals surface area contributed by atoms with Crippen LogP contribution in [-0.4, -0.2) is 51.3 Å². The van der Waals surface area contributed by atoms with Crippen molar-refractivity contribution in [3.05, 3.63) is 29.6 Å². The number of rotatable bonds is 11. The van der Waals surface area contributed by atoms with Crippen LogP contribution in [0.1, 0.15) is 12.5 Å². The zero-order valence-electron chi connectivity index (χ0n) is 12.6. The number of nitrogens with one attached hydrogen (secondary N) is 1. The summed E-state index contributed by atoms with van der Waals surface area (Å²) in [5.74, 6) is -0.309. The number of halogens is 1. The minimum absolute atomic E-state index is 0.00234. The van der Waals surface area contributed by atoms with Crippen LogP contribution in [0.15, 0.2) is 18.2 Å². The molecule has 1 unspecified atom stereocenters. The van der Waals surface area contributed by atoms with Gasteiger partial charge in [-0.1, -0.05) is 6.07 Å². The van der Waals surface area contributed by atoms with Crippen LogP contribution in [-0.2, 0) is 16.0 Å². The van der Waals surface area contributed by atoms with E-state index in [1.165, 1.54) is 6.07 Å². The first-order chi connectivity index (χ1) is 10.2. The molecule has 0 saturated carbocycles. The van der Waals surface area contributed by atoms with E-state index in [-0.39, 0.29) is 19.0 Å². The largest absolute Gasteiger partial charge is 0.488 e. The van der Waals surface area contributed by atoms with Crippen molar-refractivity contribution in [1.82, 2.24) is 5.32 Å². The van der Waals surface area contributed by atoms with Crippen LogP contribution in [0.5, 0.6) is 5.75 Å². The van der Waals surface area contributed by atoms with Gasteiger partial charge in [-0.25, -0.2) is 4.39 Å². The Morgan fingerprint density at radius 1 is 1.33 bits per heavy atom. The van der Waals surface area contributed by atoms with Gasteiger partial charge in [-0.2, -0.15) is 0 Å². The molecule has 1 atom stereocenters. The molecule has 1 rings (SSSR count). The summed E-state index contributed by atoms with van der Waals surface area (Å²) in [7, 11) is 1.63. The average molecular weight is 301 g/mol. The van der Waals surface area contributed by atoms with E-state index in [0.29, 0.717) is 26.3 Å². The van der Waals surface area contributed by atoms with Crippen LogP contribution in [0.3, 0.4) is 0 Å². The molecular weight excluding hydrogens is 277 g/mol. The number of methoxy groups -OCH3 is 1. The quantitative estimate of drug-likeness (QED) is 0.604. The van der Waals surface area contributed by atoms with Crippen LogP contribution in [0.25, 0.3) is 0 Å². The van der Waals surface area contributed by atoms with Gasteiger partial charge in [0, 0.05) is 26.8 Å². The number of aliphatic hydroxyl groups excluding tert-OH is 1. The highest BCUT2D eigenvalue weighted by atomic mass is 19.1. The van der Waals surface area contributed by atoms with Crippen molar-refractivity contribution in [2.24, 2.45) is 0 Å². The molecule has 0 spiro atoms. The summed E-state index contributed by atoms with van der Waals surface area (Å²) in [6, 6.07) is 4.77. The Balaban J connectivity index is 2.39. The lowest BCUT2D eigenvalue weighted by molar-refractivity contribution is 0.0157. The molecule has 0 bridgehead atoms. The van der Waals surface area contributed by atoms with Gasteiger partial charge in [0.1, 0.15) is 12.7 Å². The Labute approximate surface area is 125 Å². The number of ether oxygens (including phenoxy) is 3. The third-order valence-corrected chi connectivity index (χ3v) is 2.75. The second-order valence-corrected chi connectivity index (χ2v) is 4.56. The fraction of sp³-hybridized carbons (Fsp3) is 0.600. The van der Waals surface area contributed by atoms with Crippen molar-refractivity contribution in [2.75, 3.05) is 40.1 Å². The number of hydrogen-bond donors (Lipinski definition) is 2. The predicted octanol–water partition coefficient (Wildman–Crippen LogP) is 1.34. The van der Waals surface area contributed by atoms with Gasteiger partial charge in [-0.05, 0) is 24.6 Å². The van der Waals surface area contributed by atoms with E-state index in [0.717, 1.165) is 5.56 Å². The normalized spacial score (nSPS) is 12.4. The third kappa shape index (κ3) is 7.38. The monoisotopic (exact) mass is 301 g/mol. The molecule has 0 aromatic heterocycles. The van der Waals surface area contributed by atoms with Gasteiger partial charge in [0.05, 0.1) is 13.2 Å². The number of hydrogen-bond acceptors (Lipinski definition) is 5. The second-order valence-electron chi connectivity index (χ2n) is 4.56. The molecule has 1 aromatic carbocycles. The van der Waals surface area contributed by atoms with E-state index in [9.17, 15) is 9.50 Å². The summed E-state index contributed by atoms with van der Waals surface area (Å²) in [5, 5.41) is 12.7. The van der Waals surface area contributed by atoms with E-state index in [4.69, 9.17) is 14.2 Å². The first-order valence-electron chi connectivity index (χ1n) is 7.04. The predicted molar refractivity (Wildman–Crippen MR) is 78.0 cm³/mol. The Morgan fingerprint density at radius 2 is 2.14 bits per heavy atom. The first kappa shape index (κ1) is 17.8. The SMILES string of the molecule is CCOCC(O)COc1ccc(CNCCOC)cc1F. The molecule has 1 aromatic rings. The summed E-state index contributed by atoms with van der Waals surface area (Å²) in [4.78, 5) is 0. The lowest BCUT2D eigenvalue weighted by Gasteiger charge is -2.13. The van der Waals surface area contributed by atoms with E-state index in [2.05, 4.69) is 5.32 Å². The summed E-state index contributed by atoms with van der Waals surface area (Å²) in [6.45, 7) is 4.43. The van der Waals surface area contributed by atoms with Gasteiger partial charge >= 0.3 is 0 Å². The molecule has 6 heteroatoms. The topological polar surface area (TPSA) is 60.0 Å². The van der Waals surface area contributed by atoms with Gasteiger partial charge in [0.25, 0.3) is 0 Å². The molecule has 0 aliphatic heterocycles. The van der Waals surface area contributed by atoms with Crippen LogP contribution in [0, 0.1) is 5.82 Å². The van der Waals surface area contributed by atoms with E-state index in [1.807, 2.05) is 6.92 Å². The van der Waals surface area contributed by atoms with Crippen molar-refractivity contribution < 1.29 is 23.7 Å². The Hall–Kier alpha value is -1.21.